The zero-order chi connectivity index (χ0) is 14.3. The third-order valence-corrected chi connectivity index (χ3v) is 2.62. The van der Waals surface area contributed by atoms with E-state index in [0.717, 1.165) is 13.0 Å². The maximum absolute atomic E-state index is 11.7. The topological polar surface area (TPSA) is 76.1 Å². The second kappa shape index (κ2) is 7.56. The number of carbonyl (C=O) groups excluding carboxylic acids is 1. The van der Waals surface area contributed by atoms with Crippen molar-refractivity contribution < 1.29 is 9.53 Å². The van der Waals surface area contributed by atoms with Gasteiger partial charge in [-0.25, -0.2) is 9.78 Å². The molecular formula is C13H22N4O2. The number of anilines is 2. The Kier molecular flexibility index (Phi) is 6.05. The number of nitrogens with one attached hydrogen (secondary N) is 2. The van der Waals surface area contributed by atoms with Crippen LogP contribution in [0.1, 0.15) is 27.2 Å². The molecule has 0 fully saturated rings. The number of carbonyl (C=O) groups is 1. The Labute approximate surface area is 114 Å². The number of methoxy groups -OCH3 is 1. The second-order valence-electron chi connectivity index (χ2n) is 4.61. The van der Waals surface area contributed by atoms with Crippen molar-refractivity contribution >= 4 is 17.6 Å². The molecule has 1 aromatic rings. The number of hydrogen-bond acceptors (Lipinski definition) is 6. The van der Waals surface area contributed by atoms with E-state index in [4.69, 9.17) is 4.74 Å². The standard InChI is InChI=1S/C13H22N4O2/c1-5-6-15-10-7-14-8-11(16-10)17-12(9(2)3)13(18)19-4/h7-9,12H,5-6H2,1-4H3,(H2,15,16,17). The fourth-order valence-corrected chi connectivity index (χ4v) is 1.56. The normalized spacial score (nSPS) is 12.1. The summed E-state index contributed by atoms with van der Waals surface area (Å²) in [4.78, 5) is 20.1. The van der Waals surface area contributed by atoms with Gasteiger partial charge in [-0.05, 0) is 12.3 Å². The van der Waals surface area contributed by atoms with Crippen LogP contribution in [0, 0.1) is 5.92 Å². The molecule has 0 bridgehead atoms. The van der Waals surface area contributed by atoms with Crippen molar-refractivity contribution in [2.75, 3.05) is 24.3 Å². The molecule has 2 N–H and O–H groups in total. The number of rotatable bonds is 7. The molecule has 0 aliphatic heterocycles. The van der Waals surface area contributed by atoms with Crippen LogP contribution in [0.15, 0.2) is 12.4 Å². The summed E-state index contributed by atoms with van der Waals surface area (Å²) in [7, 11) is 1.38. The average Bonchev–Trinajstić information content (AvgIpc) is 2.42. The van der Waals surface area contributed by atoms with Crippen molar-refractivity contribution in [2.45, 2.75) is 33.2 Å². The molecule has 0 saturated heterocycles. The van der Waals surface area contributed by atoms with Gasteiger partial charge in [0.1, 0.15) is 17.7 Å². The molecule has 1 unspecified atom stereocenters. The zero-order valence-corrected chi connectivity index (χ0v) is 11.9. The molecule has 1 heterocycles. The Bertz CT molecular complexity index is 409. The highest BCUT2D eigenvalue weighted by molar-refractivity contribution is 5.79. The molecule has 1 aromatic heterocycles. The fourth-order valence-electron chi connectivity index (χ4n) is 1.56. The van der Waals surface area contributed by atoms with Crippen LogP contribution in [0.25, 0.3) is 0 Å². The molecule has 106 valence electrons. The SMILES string of the molecule is CCCNc1cncc(NC(C(=O)OC)C(C)C)n1. The van der Waals surface area contributed by atoms with Gasteiger partial charge in [-0.3, -0.25) is 4.98 Å². The maximum atomic E-state index is 11.7. The van der Waals surface area contributed by atoms with Crippen LogP contribution in [-0.4, -0.2) is 35.6 Å². The van der Waals surface area contributed by atoms with Crippen molar-refractivity contribution in [1.29, 1.82) is 0 Å². The van der Waals surface area contributed by atoms with E-state index < -0.39 is 6.04 Å². The number of nitrogens with zero attached hydrogens (tertiary/aromatic N) is 2. The summed E-state index contributed by atoms with van der Waals surface area (Å²) in [6.45, 7) is 6.81. The summed E-state index contributed by atoms with van der Waals surface area (Å²) in [5, 5.41) is 6.21. The van der Waals surface area contributed by atoms with E-state index in [1.807, 2.05) is 13.8 Å². The van der Waals surface area contributed by atoms with Crippen molar-refractivity contribution in [3.05, 3.63) is 12.4 Å². The van der Waals surface area contributed by atoms with E-state index in [1.165, 1.54) is 7.11 Å². The molecule has 0 spiro atoms. The van der Waals surface area contributed by atoms with Gasteiger partial charge >= 0.3 is 5.97 Å². The lowest BCUT2D eigenvalue weighted by molar-refractivity contribution is -0.142. The first kappa shape index (κ1) is 15.2. The van der Waals surface area contributed by atoms with Crippen LogP contribution >= 0.6 is 0 Å². The average molecular weight is 266 g/mol. The van der Waals surface area contributed by atoms with Gasteiger partial charge in [-0.2, -0.15) is 0 Å². The largest absolute Gasteiger partial charge is 0.467 e. The van der Waals surface area contributed by atoms with Crippen molar-refractivity contribution in [1.82, 2.24) is 9.97 Å². The van der Waals surface area contributed by atoms with Gasteiger partial charge in [0.15, 0.2) is 0 Å². The maximum Gasteiger partial charge on any atom is 0.328 e. The van der Waals surface area contributed by atoms with Crippen molar-refractivity contribution in [2.24, 2.45) is 5.92 Å². The summed E-state index contributed by atoms with van der Waals surface area (Å²) < 4.78 is 4.78. The number of aromatic nitrogens is 2. The minimum atomic E-state index is -0.430. The predicted octanol–water partition coefficient (Wildman–Crippen LogP) is 1.91. The van der Waals surface area contributed by atoms with Crippen molar-refractivity contribution in [3.63, 3.8) is 0 Å². The molecule has 0 aliphatic rings. The molecule has 19 heavy (non-hydrogen) atoms. The molecule has 1 atom stereocenters. The second-order valence-corrected chi connectivity index (χ2v) is 4.61. The van der Waals surface area contributed by atoms with Gasteiger partial charge in [-0.1, -0.05) is 20.8 Å². The lowest BCUT2D eigenvalue weighted by Crippen LogP contribution is -2.35. The zero-order valence-electron chi connectivity index (χ0n) is 11.9. The van der Waals surface area contributed by atoms with Crippen LogP contribution < -0.4 is 10.6 Å². The Morgan fingerprint density at radius 1 is 1.37 bits per heavy atom. The highest BCUT2D eigenvalue weighted by Gasteiger charge is 2.23. The predicted molar refractivity (Wildman–Crippen MR) is 75.1 cm³/mol. The highest BCUT2D eigenvalue weighted by Crippen LogP contribution is 2.13. The molecule has 6 nitrogen and oxygen atoms in total. The summed E-state index contributed by atoms with van der Waals surface area (Å²) in [5.41, 5.74) is 0. The minimum absolute atomic E-state index is 0.0986. The van der Waals surface area contributed by atoms with Gasteiger partial charge in [0.25, 0.3) is 0 Å². The monoisotopic (exact) mass is 266 g/mol. The Balaban J connectivity index is 2.76. The summed E-state index contributed by atoms with van der Waals surface area (Å²) in [6, 6.07) is -0.430. The van der Waals surface area contributed by atoms with E-state index in [9.17, 15) is 4.79 Å². The van der Waals surface area contributed by atoms with Crippen LogP contribution in [0.2, 0.25) is 0 Å². The van der Waals surface area contributed by atoms with E-state index in [0.29, 0.717) is 11.6 Å². The van der Waals surface area contributed by atoms with Gasteiger partial charge in [0.05, 0.1) is 19.5 Å². The number of hydrogen-bond donors (Lipinski definition) is 2. The molecular weight excluding hydrogens is 244 g/mol. The molecule has 0 saturated carbocycles. The summed E-state index contributed by atoms with van der Waals surface area (Å²) in [5.74, 6) is 1.05. The fraction of sp³-hybridized carbons (Fsp3) is 0.615. The number of esters is 1. The van der Waals surface area contributed by atoms with E-state index >= 15 is 0 Å². The third-order valence-electron chi connectivity index (χ3n) is 2.62. The number of ether oxygens (including phenoxy) is 1. The minimum Gasteiger partial charge on any atom is -0.467 e. The summed E-state index contributed by atoms with van der Waals surface area (Å²) >= 11 is 0. The van der Waals surface area contributed by atoms with E-state index in [-0.39, 0.29) is 11.9 Å². The van der Waals surface area contributed by atoms with Crippen LogP contribution in [0.4, 0.5) is 11.6 Å². The van der Waals surface area contributed by atoms with Gasteiger partial charge < -0.3 is 15.4 Å². The van der Waals surface area contributed by atoms with Crippen LogP contribution in [0.3, 0.4) is 0 Å². The molecule has 0 radical (unpaired) electrons. The quantitative estimate of drug-likeness (QED) is 0.734. The Morgan fingerprint density at radius 2 is 2.05 bits per heavy atom. The van der Waals surface area contributed by atoms with Gasteiger partial charge in [-0.15, -0.1) is 0 Å². The molecule has 0 amide bonds. The van der Waals surface area contributed by atoms with Gasteiger partial charge in [0, 0.05) is 6.54 Å². The third kappa shape index (κ3) is 4.73. The summed E-state index contributed by atoms with van der Waals surface area (Å²) in [6.07, 6.45) is 4.26. The lowest BCUT2D eigenvalue weighted by atomic mass is 10.1. The smallest absolute Gasteiger partial charge is 0.328 e. The van der Waals surface area contributed by atoms with Crippen LogP contribution in [0.5, 0.6) is 0 Å². The van der Waals surface area contributed by atoms with E-state index in [1.54, 1.807) is 12.4 Å². The van der Waals surface area contributed by atoms with Crippen LogP contribution in [-0.2, 0) is 9.53 Å². The first-order chi connectivity index (χ1) is 9.08. The van der Waals surface area contributed by atoms with E-state index in [2.05, 4.69) is 27.5 Å². The Hall–Kier alpha value is -1.85. The van der Waals surface area contributed by atoms with Gasteiger partial charge in [0.2, 0.25) is 0 Å². The molecule has 0 aromatic carbocycles. The molecule has 0 aliphatic carbocycles. The molecule has 1 rings (SSSR count). The van der Waals surface area contributed by atoms with Crippen molar-refractivity contribution in [3.8, 4) is 0 Å². The lowest BCUT2D eigenvalue weighted by Gasteiger charge is -2.20. The highest BCUT2D eigenvalue weighted by atomic mass is 16.5. The Morgan fingerprint density at radius 3 is 2.63 bits per heavy atom. The first-order valence-electron chi connectivity index (χ1n) is 6.48. The molecule has 6 heteroatoms. The first-order valence-corrected chi connectivity index (χ1v) is 6.48.